The third-order valence-electron chi connectivity index (χ3n) is 2.99. The molecule has 2 N–H and O–H groups in total. The van der Waals surface area contributed by atoms with E-state index in [0.29, 0.717) is 5.13 Å². The summed E-state index contributed by atoms with van der Waals surface area (Å²) in [6, 6.07) is 3.50. The molecule has 0 atom stereocenters. The fourth-order valence-electron chi connectivity index (χ4n) is 1.76. The Morgan fingerprint density at radius 1 is 1.33 bits per heavy atom. The molecule has 1 heterocycles. The summed E-state index contributed by atoms with van der Waals surface area (Å²) >= 11 is 7.12. The van der Waals surface area contributed by atoms with Gasteiger partial charge in [-0.15, -0.1) is 10.2 Å². The number of halogens is 2. The van der Waals surface area contributed by atoms with E-state index in [-0.39, 0.29) is 35.4 Å². The molecule has 2 rings (SSSR count). The molecule has 24 heavy (non-hydrogen) atoms. The molecule has 0 bridgehead atoms. The molecule has 1 aromatic carbocycles. The molecule has 1 aromatic heterocycles. The molecule has 6 nitrogen and oxygen atoms in total. The zero-order valence-electron chi connectivity index (χ0n) is 13.1. The van der Waals surface area contributed by atoms with Crippen LogP contribution in [0.15, 0.2) is 18.2 Å². The summed E-state index contributed by atoms with van der Waals surface area (Å²) in [7, 11) is 0. The second-order valence-electron chi connectivity index (χ2n) is 5.28. The Bertz CT molecular complexity index is 751. The van der Waals surface area contributed by atoms with Crippen molar-refractivity contribution in [1.29, 1.82) is 0 Å². The van der Waals surface area contributed by atoms with Crippen LogP contribution < -0.4 is 10.6 Å². The number of amides is 2. The van der Waals surface area contributed by atoms with Gasteiger partial charge in [0, 0.05) is 18.9 Å². The molecule has 0 aliphatic carbocycles. The van der Waals surface area contributed by atoms with E-state index in [2.05, 4.69) is 20.8 Å². The number of anilines is 1. The molecule has 0 aliphatic heterocycles. The van der Waals surface area contributed by atoms with Crippen molar-refractivity contribution >= 4 is 39.9 Å². The van der Waals surface area contributed by atoms with E-state index in [1.54, 1.807) is 0 Å². The molecule has 0 saturated carbocycles. The third-order valence-corrected chi connectivity index (χ3v) is 4.45. The highest BCUT2D eigenvalue weighted by Crippen LogP contribution is 2.22. The first-order valence-corrected chi connectivity index (χ1v) is 8.42. The lowest BCUT2D eigenvalue weighted by atomic mass is 10.2. The summed E-state index contributed by atoms with van der Waals surface area (Å²) < 4.78 is 12.9. The molecule has 128 valence electrons. The minimum atomic E-state index is -0.520. The van der Waals surface area contributed by atoms with Crippen LogP contribution in [0, 0.1) is 5.82 Å². The molecule has 0 aliphatic rings. The second-order valence-corrected chi connectivity index (χ2v) is 6.69. The molecular formula is C15H16ClFN4O2S. The highest BCUT2D eigenvalue weighted by molar-refractivity contribution is 7.15. The van der Waals surface area contributed by atoms with Crippen LogP contribution in [0.25, 0.3) is 0 Å². The molecule has 0 saturated heterocycles. The number of carbonyl (C=O) groups excluding carboxylic acids is 2. The van der Waals surface area contributed by atoms with Crippen LogP contribution in [-0.4, -0.2) is 28.6 Å². The van der Waals surface area contributed by atoms with E-state index in [0.717, 1.165) is 17.1 Å². The van der Waals surface area contributed by atoms with Crippen LogP contribution in [0.2, 0.25) is 5.02 Å². The Morgan fingerprint density at radius 2 is 2.08 bits per heavy atom. The molecule has 0 radical (unpaired) electrons. The van der Waals surface area contributed by atoms with Crippen LogP contribution in [0.3, 0.4) is 0 Å². The molecule has 9 heteroatoms. The fourth-order valence-corrected chi connectivity index (χ4v) is 2.77. The Balaban J connectivity index is 1.80. The van der Waals surface area contributed by atoms with E-state index >= 15 is 0 Å². The maximum Gasteiger partial charge on any atom is 0.252 e. The average molecular weight is 371 g/mol. The lowest BCUT2D eigenvalue weighted by Gasteiger charge is -2.06. The van der Waals surface area contributed by atoms with E-state index in [4.69, 9.17) is 11.6 Å². The Morgan fingerprint density at radius 3 is 2.71 bits per heavy atom. The molecular weight excluding hydrogens is 355 g/mol. The summed E-state index contributed by atoms with van der Waals surface area (Å²) in [4.78, 5) is 23.7. The van der Waals surface area contributed by atoms with Gasteiger partial charge in [0.15, 0.2) is 0 Å². The zero-order valence-corrected chi connectivity index (χ0v) is 14.7. The number of benzene rings is 1. The SMILES string of the molecule is CC(C)c1nnc(NC(=O)CCNC(=O)c2ccc(F)cc2Cl)s1. The molecule has 2 amide bonds. The van der Waals surface area contributed by atoms with Crippen LogP contribution in [-0.2, 0) is 4.79 Å². The lowest BCUT2D eigenvalue weighted by molar-refractivity contribution is -0.116. The van der Waals surface area contributed by atoms with Crippen LogP contribution in [0.5, 0.6) is 0 Å². The summed E-state index contributed by atoms with van der Waals surface area (Å²) in [6.07, 6.45) is 0.0706. The number of nitrogens with one attached hydrogen (secondary N) is 2. The van der Waals surface area contributed by atoms with E-state index in [9.17, 15) is 14.0 Å². The van der Waals surface area contributed by atoms with Gasteiger partial charge >= 0.3 is 0 Å². The first-order chi connectivity index (χ1) is 11.4. The number of carbonyl (C=O) groups is 2. The monoisotopic (exact) mass is 370 g/mol. The van der Waals surface area contributed by atoms with Gasteiger partial charge in [-0.1, -0.05) is 36.8 Å². The van der Waals surface area contributed by atoms with Crippen molar-refractivity contribution in [3.63, 3.8) is 0 Å². The summed E-state index contributed by atoms with van der Waals surface area (Å²) in [6.45, 7) is 4.10. The van der Waals surface area contributed by atoms with Crippen molar-refractivity contribution in [1.82, 2.24) is 15.5 Å². The van der Waals surface area contributed by atoms with E-state index < -0.39 is 11.7 Å². The minimum Gasteiger partial charge on any atom is -0.351 e. The summed E-state index contributed by atoms with van der Waals surface area (Å²) in [5.41, 5.74) is 0.157. The fraction of sp³-hybridized carbons (Fsp3) is 0.333. The quantitative estimate of drug-likeness (QED) is 0.817. The predicted octanol–water partition coefficient (Wildman–Crippen LogP) is 3.21. The van der Waals surface area contributed by atoms with Gasteiger partial charge in [0.25, 0.3) is 5.91 Å². The minimum absolute atomic E-state index is 0.0204. The Kier molecular flexibility index (Phi) is 6.22. The molecule has 0 unspecified atom stereocenters. The zero-order chi connectivity index (χ0) is 17.7. The van der Waals surface area contributed by atoms with Gasteiger partial charge in [-0.2, -0.15) is 0 Å². The lowest BCUT2D eigenvalue weighted by Crippen LogP contribution is -2.27. The second kappa shape index (κ2) is 8.16. The maximum atomic E-state index is 12.9. The van der Waals surface area contributed by atoms with Gasteiger partial charge < -0.3 is 10.6 Å². The Labute approximate surface area is 147 Å². The van der Waals surface area contributed by atoms with Crippen molar-refractivity contribution in [2.24, 2.45) is 0 Å². The summed E-state index contributed by atoms with van der Waals surface area (Å²) in [5.74, 6) is -1.03. The summed E-state index contributed by atoms with van der Waals surface area (Å²) in [5, 5.41) is 14.3. The average Bonchev–Trinajstić information content (AvgIpc) is 2.95. The van der Waals surface area contributed by atoms with Gasteiger partial charge in [0.05, 0.1) is 10.6 Å². The smallest absolute Gasteiger partial charge is 0.252 e. The van der Waals surface area contributed by atoms with Crippen LogP contribution >= 0.6 is 22.9 Å². The number of aromatic nitrogens is 2. The largest absolute Gasteiger partial charge is 0.351 e. The predicted molar refractivity (Wildman–Crippen MR) is 91.0 cm³/mol. The van der Waals surface area contributed by atoms with Gasteiger partial charge in [0.1, 0.15) is 10.8 Å². The van der Waals surface area contributed by atoms with Crippen molar-refractivity contribution in [3.8, 4) is 0 Å². The highest BCUT2D eigenvalue weighted by Gasteiger charge is 2.13. The standard InChI is InChI=1S/C15H16ClFN4O2S/c1-8(2)14-20-21-15(24-14)19-12(22)5-6-18-13(23)10-4-3-9(17)7-11(10)16/h3-4,7-8H,5-6H2,1-2H3,(H,18,23)(H,19,21,22). The normalized spacial score (nSPS) is 10.7. The van der Waals surface area contributed by atoms with Crippen molar-refractivity contribution in [3.05, 3.63) is 39.6 Å². The van der Waals surface area contributed by atoms with E-state index in [1.165, 1.54) is 17.4 Å². The molecule has 2 aromatic rings. The number of hydrogen-bond acceptors (Lipinski definition) is 5. The van der Waals surface area contributed by atoms with Crippen LogP contribution in [0.1, 0.15) is 41.6 Å². The van der Waals surface area contributed by atoms with Gasteiger partial charge in [0.2, 0.25) is 11.0 Å². The number of rotatable bonds is 6. The van der Waals surface area contributed by atoms with Gasteiger partial charge in [-0.3, -0.25) is 9.59 Å². The topological polar surface area (TPSA) is 84.0 Å². The van der Waals surface area contributed by atoms with Crippen molar-refractivity contribution < 1.29 is 14.0 Å². The highest BCUT2D eigenvalue weighted by atomic mass is 35.5. The number of nitrogens with zero attached hydrogens (tertiary/aromatic N) is 2. The van der Waals surface area contributed by atoms with Crippen LogP contribution in [0.4, 0.5) is 9.52 Å². The number of hydrogen-bond donors (Lipinski definition) is 2. The Hall–Kier alpha value is -2.06. The molecule has 0 fully saturated rings. The van der Waals surface area contributed by atoms with Gasteiger partial charge in [-0.25, -0.2) is 4.39 Å². The first-order valence-electron chi connectivity index (χ1n) is 7.23. The maximum absolute atomic E-state index is 12.9. The van der Waals surface area contributed by atoms with Gasteiger partial charge in [-0.05, 0) is 18.2 Å². The van der Waals surface area contributed by atoms with Crippen molar-refractivity contribution in [2.45, 2.75) is 26.2 Å². The first kappa shape index (κ1) is 18.3. The van der Waals surface area contributed by atoms with Crippen molar-refractivity contribution in [2.75, 3.05) is 11.9 Å². The van der Waals surface area contributed by atoms with E-state index in [1.807, 2.05) is 13.8 Å². The third kappa shape index (κ3) is 4.97. The molecule has 0 spiro atoms.